The van der Waals surface area contributed by atoms with Crippen LogP contribution in [0, 0.1) is 6.92 Å². The zero-order valence-electron chi connectivity index (χ0n) is 10.8. The number of phenolic OH excluding ortho intramolecular Hbond substituents is 1. The fourth-order valence-electron chi connectivity index (χ4n) is 2.40. The largest absolute Gasteiger partial charge is 0.507 e. The molecule has 1 heterocycles. The Morgan fingerprint density at radius 3 is 2.68 bits per heavy atom. The third-order valence-corrected chi connectivity index (χ3v) is 3.50. The standard InChI is InChI=1S/C16H16N2O/c1-11-6-5-9-13(16(11)19)15-10-14(17-18-15)12-7-3-2-4-8-12/h2-9,15,18-19H,10H2,1H3. The first-order valence-electron chi connectivity index (χ1n) is 6.41. The van der Waals surface area contributed by atoms with Gasteiger partial charge in [-0.05, 0) is 18.1 Å². The molecule has 1 aliphatic heterocycles. The van der Waals surface area contributed by atoms with Crippen LogP contribution in [0.1, 0.15) is 29.2 Å². The van der Waals surface area contributed by atoms with Gasteiger partial charge < -0.3 is 10.5 Å². The van der Waals surface area contributed by atoms with E-state index in [-0.39, 0.29) is 6.04 Å². The van der Waals surface area contributed by atoms with Gasteiger partial charge >= 0.3 is 0 Å². The molecule has 3 heteroatoms. The van der Waals surface area contributed by atoms with E-state index in [0.717, 1.165) is 28.8 Å². The van der Waals surface area contributed by atoms with Gasteiger partial charge in [-0.3, -0.25) is 0 Å². The molecule has 2 aromatic carbocycles. The second-order valence-electron chi connectivity index (χ2n) is 4.82. The van der Waals surface area contributed by atoms with Gasteiger partial charge in [0.2, 0.25) is 0 Å². The summed E-state index contributed by atoms with van der Waals surface area (Å²) < 4.78 is 0. The van der Waals surface area contributed by atoms with Gasteiger partial charge in [-0.2, -0.15) is 5.10 Å². The molecule has 96 valence electrons. The minimum atomic E-state index is 0.0510. The molecule has 1 aliphatic rings. The van der Waals surface area contributed by atoms with Crippen molar-refractivity contribution in [2.75, 3.05) is 0 Å². The van der Waals surface area contributed by atoms with Crippen molar-refractivity contribution in [3.8, 4) is 5.75 Å². The predicted molar refractivity (Wildman–Crippen MR) is 76.3 cm³/mol. The monoisotopic (exact) mass is 252 g/mol. The molecular formula is C16H16N2O. The van der Waals surface area contributed by atoms with E-state index in [0.29, 0.717) is 5.75 Å². The molecule has 0 saturated carbocycles. The molecule has 0 radical (unpaired) electrons. The minimum Gasteiger partial charge on any atom is -0.507 e. The summed E-state index contributed by atoms with van der Waals surface area (Å²) in [5, 5.41) is 14.5. The van der Waals surface area contributed by atoms with E-state index >= 15 is 0 Å². The number of para-hydroxylation sites is 1. The fourth-order valence-corrected chi connectivity index (χ4v) is 2.40. The van der Waals surface area contributed by atoms with Gasteiger partial charge in [-0.25, -0.2) is 0 Å². The molecule has 19 heavy (non-hydrogen) atoms. The molecule has 0 aromatic heterocycles. The van der Waals surface area contributed by atoms with E-state index in [1.54, 1.807) is 0 Å². The molecule has 3 nitrogen and oxygen atoms in total. The zero-order chi connectivity index (χ0) is 13.2. The maximum absolute atomic E-state index is 10.1. The molecule has 3 rings (SSSR count). The van der Waals surface area contributed by atoms with E-state index in [1.165, 1.54) is 0 Å². The molecule has 0 saturated heterocycles. The lowest BCUT2D eigenvalue weighted by atomic mass is 9.97. The van der Waals surface area contributed by atoms with Crippen LogP contribution in [0.15, 0.2) is 53.6 Å². The van der Waals surface area contributed by atoms with Crippen molar-refractivity contribution in [2.45, 2.75) is 19.4 Å². The number of nitrogens with zero attached hydrogens (tertiary/aromatic N) is 1. The molecule has 0 bridgehead atoms. The average molecular weight is 252 g/mol. The lowest BCUT2D eigenvalue weighted by molar-refractivity contribution is 0.451. The van der Waals surface area contributed by atoms with Crippen molar-refractivity contribution in [3.63, 3.8) is 0 Å². The highest BCUT2D eigenvalue weighted by atomic mass is 16.3. The number of benzene rings is 2. The van der Waals surface area contributed by atoms with Gasteiger partial charge in [0.1, 0.15) is 5.75 Å². The first-order valence-corrected chi connectivity index (χ1v) is 6.41. The van der Waals surface area contributed by atoms with Crippen molar-refractivity contribution in [2.24, 2.45) is 5.10 Å². The summed E-state index contributed by atoms with van der Waals surface area (Å²) in [6.45, 7) is 1.91. The van der Waals surface area contributed by atoms with Crippen molar-refractivity contribution in [1.82, 2.24) is 5.43 Å². The Balaban J connectivity index is 1.83. The van der Waals surface area contributed by atoms with Crippen LogP contribution in [0.25, 0.3) is 0 Å². The number of rotatable bonds is 2. The Hall–Kier alpha value is -2.29. The van der Waals surface area contributed by atoms with Crippen LogP contribution >= 0.6 is 0 Å². The van der Waals surface area contributed by atoms with Crippen LogP contribution in [0.5, 0.6) is 5.75 Å². The first kappa shape index (κ1) is 11.8. The summed E-state index contributed by atoms with van der Waals surface area (Å²) in [5.74, 6) is 0.365. The molecular weight excluding hydrogens is 236 g/mol. The third-order valence-electron chi connectivity index (χ3n) is 3.50. The fraction of sp³-hybridized carbons (Fsp3) is 0.188. The van der Waals surface area contributed by atoms with Crippen LogP contribution in [0.3, 0.4) is 0 Å². The van der Waals surface area contributed by atoms with Crippen LogP contribution in [-0.4, -0.2) is 10.8 Å². The van der Waals surface area contributed by atoms with E-state index in [2.05, 4.69) is 22.7 Å². The van der Waals surface area contributed by atoms with Gasteiger partial charge in [0.05, 0.1) is 11.8 Å². The van der Waals surface area contributed by atoms with Crippen LogP contribution in [0.2, 0.25) is 0 Å². The molecule has 0 spiro atoms. The molecule has 2 N–H and O–H groups in total. The summed E-state index contributed by atoms with van der Waals surface area (Å²) in [4.78, 5) is 0. The maximum Gasteiger partial charge on any atom is 0.123 e. The minimum absolute atomic E-state index is 0.0510. The Morgan fingerprint density at radius 1 is 1.11 bits per heavy atom. The quantitative estimate of drug-likeness (QED) is 0.862. The Labute approximate surface area is 112 Å². The van der Waals surface area contributed by atoms with Crippen molar-refractivity contribution < 1.29 is 5.11 Å². The number of phenols is 1. The van der Waals surface area contributed by atoms with E-state index in [1.807, 2.05) is 43.3 Å². The molecule has 1 unspecified atom stereocenters. The molecule has 1 atom stereocenters. The van der Waals surface area contributed by atoms with Crippen molar-refractivity contribution >= 4 is 5.71 Å². The molecule has 0 amide bonds. The van der Waals surface area contributed by atoms with E-state index < -0.39 is 0 Å². The number of aromatic hydroxyl groups is 1. The second kappa shape index (κ2) is 4.76. The van der Waals surface area contributed by atoms with Crippen molar-refractivity contribution in [1.29, 1.82) is 0 Å². The van der Waals surface area contributed by atoms with E-state index in [9.17, 15) is 5.11 Å². The van der Waals surface area contributed by atoms with Gasteiger partial charge in [-0.1, -0.05) is 48.5 Å². The van der Waals surface area contributed by atoms with Crippen LogP contribution < -0.4 is 5.43 Å². The highest BCUT2D eigenvalue weighted by Gasteiger charge is 2.23. The third kappa shape index (κ3) is 2.19. The van der Waals surface area contributed by atoms with Crippen molar-refractivity contribution in [3.05, 3.63) is 65.2 Å². The Kier molecular flexibility index (Phi) is 2.95. The number of aryl methyl sites for hydroxylation is 1. The molecule has 2 aromatic rings. The molecule has 0 fully saturated rings. The number of nitrogens with one attached hydrogen (secondary N) is 1. The highest BCUT2D eigenvalue weighted by Crippen LogP contribution is 2.32. The SMILES string of the molecule is Cc1cccc(C2CC(c3ccccc3)=NN2)c1O. The molecule has 0 aliphatic carbocycles. The summed E-state index contributed by atoms with van der Waals surface area (Å²) in [5.41, 5.74) is 7.09. The Bertz CT molecular complexity index is 620. The van der Waals surface area contributed by atoms with Gasteiger partial charge in [0, 0.05) is 12.0 Å². The number of hydrogen-bond acceptors (Lipinski definition) is 3. The lowest BCUT2D eigenvalue weighted by Gasteiger charge is -2.13. The predicted octanol–water partition coefficient (Wildman–Crippen LogP) is 3.14. The lowest BCUT2D eigenvalue weighted by Crippen LogP contribution is -2.10. The number of hydrazone groups is 1. The maximum atomic E-state index is 10.1. The first-order chi connectivity index (χ1) is 9.25. The van der Waals surface area contributed by atoms with Gasteiger partial charge in [0.25, 0.3) is 0 Å². The average Bonchev–Trinajstić information content (AvgIpc) is 2.92. The summed E-state index contributed by atoms with van der Waals surface area (Å²) in [6.07, 6.45) is 0.793. The summed E-state index contributed by atoms with van der Waals surface area (Å²) in [6, 6.07) is 16.0. The normalized spacial score (nSPS) is 17.9. The van der Waals surface area contributed by atoms with Crippen LogP contribution in [-0.2, 0) is 0 Å². The topological polar surface area (TPSA) is 44.6 Å². The Morgan fingerprint density at radius 2 is 1.89 bits per heavy atom. The second-order valence-corrected chi connectivity index (χ2v) is 4.82. The highest BCUT2D eigenvalue weighted by molar-refractivity contribution is 6.01. The number of hydrogen-bond donors (Lipinski definition) is 2. The smallest absolute Gasteiger partial charge is 0.123 e. The van der Waals surface area contributed by atoms with E-state index in [4.69, 9.17) is 0 Å². The summed E-state index contributed by atoms with van der Waals surface area (Å²) >= 11 is 0. The van der Waals surface area contributed by atoms with Gasteiger partial charge in [-0.15, -0.1) is 0 Å². The summed E-state index contributed by atoms with van der Waals surface area (Å²) in [7, 11) is 0. The van der Waals surface area contributed by atoms with Crippen LogP contribution in [0.4, 0.5) is 0 Å². The zero-order valence-corrected chi connectivity index (χ0v) is 10.8. The van der Waals surface area contributed by atoms with Gasteiger partial charge in [0.15, 0.2) is 0 Å².